The Morgan fingerprint density at radius 2 is 1.97 bits per heavy atom. The molecule has 1 aliphatic carbocycles. The molecule has 2 amide bonds. The Balaban J connectivity index is 1.49. The lowest BCUT2D eigenvalue weighted by Crippen LogP contribution is -2.39. The molecule has 30 heavy (non-hydrogen) atoms. The number of amides is 2. The van der Waals surface area contributed by atoms with Gasteiger partial charge < -0.3 is 15.5 Å². The van der Waals surface area contributed by atoms with E-state index in [0.29, 0.717) is 22.8 Å². The summed E-state index contributed by atoms with van der Waals surface area (Å²) in [6.45, 7) is 3.38. The van der Waals surface area contributed by atoms with E-state index in [1.54, 1.807) is 24.4 Å². The quantitative estimate of drug-likeness (QED) is 0.766. The predicted octanol–water partition coefficient (Wildman–Crippen LogP) is 2.79. The maximum absolute atomic E-state index is 12.6. The fraction of sp³-hybridized carbons (Fsp3) is 0.409. The number of nitrogens with zero attached hydrogens (tertiary/aromatic N) is 4. The smallest absolute Gasteiger partial charge is 0.244 e. The molecule has 0 radical (unpaired) electrons. The van der Waals surface area contributed by atoms with Crippen LogP contribution in [0, 0.1) is 17.2 Å². The van der Waals surface area contributed by atoms with Crippen LogP contribution >= 0.6 is 0 Å². The van der Waals surface area contributed by atoms with Crippen molar-refractivity contribution in [1.82, 2.24) is 14.9 Å². The van der Waals surface area contributed by atoms with Crippen LogP contribution in [0.25, 0.3) is 11.3 Å². The SMILES string of the molecule is C[C@H](Nc1cc(-c2cnc(NC(=O)C3CC3)cn2)ccc1C#N)C(=O)N1CCCC1. The Kier molecular flexibility index (Phi) is 5.61. The van der Waals surface area contributed by atoms with Gasteiger partial charge in [-0.25, -0.2) is 4.98 Å². The van der Waals surface area contributed by atoms with Crippen molar-refractivity contribution in [2.24, 2.45) is 5.92 Å². The maximum Gasteiger partial charge on any atom is 0.244 e. The Hall–Kier alpha value is -3.47. The zero-order valence-corrected chi connectivity index (χ0v) is 16.9. The second kappa shape index (κ2) is 8.49. The van der Waals surface area contributed by atoms with Crippen LogP contribution in [0.4, 0.5) is 11.5 Å². The third-order valence-electron chi connectivity index (χ3n) is 5.45. The second-order valence-electron chi connectivity index (χ2n) is 7.82. The first-order valence-electron chi connectivity index (χ1n) is 10.3. The Labute approximate surface area is 175 Å². The first-order valence-corrected chi connectivity index (χ1v) is 10.3. The first-order chi connectivity index (χ1) is 14.5. The number of hydrogen-bond donors (Lipinski definition) is 2. The molecule has 2 N–H and O–H groups in total. The average molecular weight is 404 g/mol. The summed E-state index contributed by atoms with van der Waals surface area (Å²) in [6, 6.07) is 7.03. The number of nitrogens with one attached hydrogen (secondary N) is 2. The van der Waals surface area contributed by atoms with Crippen molar-refractivity contribution in [2.45, 2.75) is 38.6 Å². The highest BCUT2D eigenvalue weighted by atomic mass is 16.2. The Bertz CT molecular complexity index is 988. The van der Waals surface area contributed by atoms with Crippen molar-refractivity contribution in [3.63, 3.8) is 0 Å². The normalized spacial score (nSPS) is 16.6. The van der Waals surface area contributed by atoms with E-state index in [9.17, 15) is 14.9 Å². The summed E-state index contributed by atoms with van der Waals surface area (Å²) in [7, 11) is 0. The van der Waals surface area contributed by atoms with E-state index in [1.165, 1.54) is 6.20 Å². The molecule has 2 fully saturated rings. The molecule has 4 rings (SSSR count). The summed E-state index contributed by atoms with van der Waals surface area (Å²) >= 11 is 0. The third-order valence-corrected chi connectivity index (χ3v) is 5.45. The summed E-state index contributed by atoms with van der Waals surface area (Å²) in [6.07, 6.45) is 7.04. The van der Waals surface area contributed by atoms with Crippen molar-refractivity contribution < 1.29 is 9.59 Å². The molecule has 0 unspecified atom stereocenters. The average Bonchev–Trinajstić information content (AvgIpc) is 3.48. The minimum atomic E-state index is -0.434. The highest BCUT2D eigenvalue weighted by molar-refractivity contribution is 5.93. The minimum absolute atomic E-state index is 0.0152. The van der Waals surface area contributed by atoms with E-state index in [1.807, 2.05) is 11.8 Å². The van der Waals surface area contributed by atoms with Gasteiger partial charge in [-0.15, -0.1) is 0 Å². The molecule has 8 nitrogen and oxygen atoms in total. The highest BCUT2D eigenvalue weighted by Crippen LogP contribution is 2.30. The van der Waals surface area contributed by atoms with Crippen LogP contribution in [0.5, 0.6) is 0 Å². The van der Waals surface area contributed by atoms with E-state index >= 15 is 0 Å². The van der Waals surface area contributed by atoms with E-state index in [-0.39, 0.29) is 17.7 Å². The van der Waals surface area contributed by atoms with Gasteiger partial charge in [-0.05, 0) is 44.7 Å². The lowest BCUT2D eigenvalue weighted by atomic mass is 10.1. The van der Waals surface area contributed by atoms with E-state index in [2.05, 4.69) is 26.7 Å². The van der Waals surface area contributed by atoms with Crippen LogP contribution in [-0.2, 0) is 9.59 Å². The van der Waals surface area contributed by atoms with Crippen LogP contribution in [-0.4, -0.2) is 45.8 Å². The number of likely N-dealkylation sites (tertiary alicyclic amines) is 1. The highest BCUT2D eigenvalue weighted by Gasteiger charge is 2.29. The molecule has 2 heterocycles. The molecule has 8 heteroatoms. The van der Waals surface area contributed by atoms with Gasteiger partial charge in [0.25, 0.3) is 0 Å². The Morgan fingerprint density at radius 1 is 1.20 bits per heavy atom. The zero-order valence-electron chi connectivity index (χ0n) is 16.9. The van der Waals surface area contributed by atoms with Crippen molar-refractivity contribution in [3.05, 3.63) is 36.2 Å². The number of carbonyl (C=O) groups excluding carboxylic acids is 2. The summed E-state index contributed by atoms with van der Waals surface area (Å²) in [4.78, 5) is 35.0. The van der Waals surface area contributed by atoms with Crippen molar-refractivity contribution in [2.75, 3.05) is 23.7 Å². The molecule has 1 saturated heterocycles. The van der Waals surface area contributed by atoms with Gasteiger partial charge in [0.15, 0.2) is 5.82 Å². The molecule has 1 aliphatic heterocycles. The zero-order chi connectivity index (χ0) is 21.1. The summed E-state index contributed by atoms with van der Waals surface area (Å²) in [5.74, 6) is 0.548. The predicted molar refractivity (Wildman–Crippen MR) is 112 cm³/mol. The lowest BCUT2D eigenvalue weighted by Gasteiger charge is -2.22. The summed E-state index contributed by atoms with van der Waals surface area (Å²) < 4.78 is 0. The summed E-state index contributed by atoms with van der Waals surface area (Å²) in [5.41, 5.74) is 2.43. The van der Waals surface area contributed by atoms with E-state index < -0.39 is 6.04 Å². The van der Waals surface area contributed by atoms with Crippen molar-refractivity contribution in [3.8, 4) is 17.3 Å². The minimum Gasteiger partial charge on any atom is -0.373 e. The molecular weight excluding hydrogens is 380 g/mol. The van der Waals surface area contributed by atoms with Gasteiger partial charge in [0.05, 0.1) is 29.3 Å². The first kappa shape index (κ1) is 19.8. The van der Waals surface area contributed by atoms with E-state index in [0.717, 1.165) is 44.3 Å². The van der Waals surface area contributed by atoms with Crippen LogP contribution in [0.2, 0.25) is 0 Å². The molecule has 2 aliphatic rings. The molecule has 1 aromatic carbocycles. The molecule has 0 spiro atoms. The second-order valence-corrected chi connectivity index (χ2v) is 7.82. The number of aromatic nitrogens is 2. The number of carbonyl (C=O) groups is 2. The Morgan fingerprint density at radius 3 is 2.60 bits per heavy atom. The molecule has 1 saturated carbocycles. The van der Waals surface area contributed by atoms with Gasteiger partial charge in [0.1, 0.15) is 12.1 Å². The van der Waals surface area contributed by atoms with Crippen LogP contribution < -0.4 is 10.6 Å². The molecule has 1 atom stereocenters. The van der Waals surface area contributed by atoms with Gasteiger partial charge in [-0.2, -0.15) is 5.26 Å². The van der Waals surface area contributed by atoms with Gasteiger partial charge in [0.2, 0.25) is 11.8 Å². The standard InChI is InChI=1S/C22H24N6O2/c1-14(22(30)28-8-2-3-9-28)26-18-10-16(6-7-17(18)11-23)19-12-25-20(13-24-19)27-21(29)15-4-5-15/h6-7,10,12-15,26H,2-5,8-9H2,1H3,(H,25,27,29)/t14-/m0/s1. The number of nitriles is 1. The van der Waals surface area contributed by atoms with Crippen LogP contribution in [0.1, 0.15) is 38.2 Å². The third kappa shape index (κ3) is 4.40. The lowest BCUT2D eigenvalue weighted by molar-refractivity contribution is -0.130. The van der Waals surface area contributed by atoms with Crippen molar-refractivity contribution >= 4 is 23.3 Å². The fourth-order valence-corrected chi connectivity index (χ4v) is 3.54. The molecule has 1 aromatic heterocycles. The topological polar surface area (TPSA) is 111 Å². The summed E-state index contributed by atoms with van der Waals surface area (Å²) in [5, 5.41) is 15.4. The number of hydrogen-bond acceptors (Lipinski definition) is 6. The fourth-order valence-electron chi connectivity index (χ4n) is 3.54. The van der Waals surface area contributed by atoms with Crippen LogP contribution in [0.15, 0.2) is 30.6 Å². The number of benzene rings is 1. The largest absolute Gasteiger partial charge is 0.373 e. The molecular formula is C22H24N6O2. The number of anilines is 2. The van der Waals surface area contributed by atoms with E-state index in [4.69, 9.17) is 0 Å². The van der Waals surface area contributed by atoms with Crippen LogP contribution in [0.3, 0.4) is 0 Å². The monoisotopic (exact) mass is 404 g/mol. The van der Waals surface area contributed by atoms with Gasteiger partial charge in [-0.3, -0.25) is 14.6 Å². The number of rotatable bonds is 6. The molecule has 154 valence electrons. The maximum atomic E-state index is 12.6. The van der Waals surface area contributed by atoms with Gasteiger partial charge >= 0.3 is 0 Å². The van der Waals surface area contributed by atoms with Crippen molar-refractivity contribution in [1.29, 1.82) is 5.26 Å². The molecule has 0 bridgehead atoms. The van der Waals surface area contributed by atoms with Gasteiger partial charge in [-0.1, -0.05) is 6.07 Å². The molecule has 2 aromatic rings. The van der Waals surface area contributed by atoms with Gasteiger partial charge in [0, 0.05) is 24.6 Å².